The van der Waals surface area contributed by atoms with Crippen LogP contribution in [0.15, 0.2) is 373 Å². The zero-order chi connectivity index (χ0) is 78.1. The van der Waals surface area contributed by atoms with E-state index in [1.165, 1.54) is 11.1 Å². The lowest BCUT2D eigenvalue weighted by Gasteiger charge is -2.62. The Balaban J connectivity index is 0.939. The number of anilines is 6. The zero-order valence-electron chi connectivity index (χ0n) is 65.1. The Bertz CT molecular complexity index is 7010. The molecule has 2 aromatic heterocycles. The first kappa shape index (κ1) is 68.8. The molecule has 116 heavy (non-hydrogen) atoms. The predicted octanol–water partition coefficient (Wildman–Crippen LogP) is 31.3. The number of para-hydroxylation sites is 4. The van der Waals surface area contributed by atoms with Gasteiger partial charge in [0.1, 0.15) is 22.8 Å². The van der Waals surface area contributed by atoms with Crippen LogP contribution < -0.4 is 9.80 Å². The Morgan fingerprint density at radius 2 is 0.552 bits per heavy atom. The van der Waals surface area contributed by atoms with E-state index >= 15 is 8.78 Å². The Labute approximate surface area is 672 Å². The number of hydrogen-bond acceptors (Lipinski definition) is 4. The third-order valence-electron chi connectivity index (χ3n) is 25.5. The summed E-state index contributed by atoms with van der Waals surface area (Å²) in [6.45, 7) is 14.8. The standard InChI is InChI=1S/C110H78F2N2O2/c1-107(2,3)109(87-59-57-71-41-19-21-43-75(71)99(87)101-81-49-25-23-45-77(81)95(65-89(101)109)113(93-53-31-51-83-79-47-27-29-55-97(79)115-105(83)93)103-85(69-37-15-9-16-38-69)61-73(63-91(103)111)67-33-11-7-12-34-67)110(108(4,5)6)88-60-58-72-42-20-22-44-76(72)100(88)102-82-50-26-24-46-78(82)96(66-90(102)110)114(94-54-32-52-84-80-48-28-30-56-98(80)116-106(84)94)104-86(70-39-17-10-18-40-70)62-74(64-92(104)112)68-35-13-8-14-36-68/h7-66H,1-6H3. The molecule has 2 heterocycles. The van der Waals surface area contributed by atoms with Crippen molar-refractivity contribution in [3.05, 3.63) is 398 Å². The maximum atomic E-state index is 19.8. The molecule has 4 nitrogen and oxygen atoms in total. The number of nitrogens with zero attached hydrogens (tertiary/aromatic N) is 2. The van der Waals surface area contributed by atoms with Gasteiger partial charge in [0, 0.05) is 54.3 Å². The van der Waals surface area contributed by atoms with E-state index in [0.29, 0.717) is 45.0 Å². The Morgan fingerprint density at radius 1 is 0.241 bits per heavy atom. The van der Waals surface area contributed by atoms with Gasteiger partial charge in [-0.2, -0.15) is 0 Å². The van der Waals surface area contributed by atoms with E-state index in [1.807, 2.05) is 97.1 Å². The summed E-state index contributed by atoms with van der Waals surface area (Å²) in [4.78, 5) is 4.43. The topological polar surface area (TPSA) is 32.8 Å². The predicted molar refractivity (Wildman–Crippen MR) is 480 cm³/mol. The minimum Gasteiger partial charge on any atom is -0.454 e. The van der Waals surface area contributed by atoms with Gasteiger partial charge >= 0.3 is 0 Å². The summed E-state index contributed by atoms with van der Waals surface area (Å²) in [5.74, 6) is -0.806. The maximum absolute atomic E-state index is 19.8. The van der Waals surface area contributed by atoms with Crippen LogP contribution in [0.5, 0.6) is 0 Å². The highest BCUT2D eigenvalue weighted by Crippen LogP contribution is 2.78. The molecule has 22 rings (SSSR count). The van der Waals surface area contributed by atoms with Crippen molar-refractivity contribution < 1.29 is 17.6 Å². The molecule has 0 saturated heterocycles. The Morgan fingerprint density at radius 3 is 0.931 bits per heavy atom. The lowest BCUT2D eigenvalue weighted by Crippen LogP contribution is -2.62. The van der Waals surface area contributed by atoms with Crippen LogP contribution in [-0.4, -0.2) is 0 Å². The van der Waals surface area contributed by atoms with Gasteiger partial charge in [-0.3, -0.25) is 0 Å². The summed E-state index contributed by atoms with van der Waals surface area (Å²) in [5.41, 5.74) is 18.0. The van der Waals surface area contributed by atoms with E-state index in [4.69, 9.17) is 8.83 Å². The van der Waals surface area contributed by atoms with Crippen LogP contribution in [-0.2, 0) is 10.8 Å². The van der Waals surface area contributed by atoms with Crippen LogP contribution in [0, 0.1) is 22.5 Å². The van der Waals surface area contributed by atoms with Crippen LogP contribution in [0.1, 0.15) is 63.8 Å². The Hall–Kier alpha value is -13.9. The first-order valence-electron chi connectivity index (χ1n) is 40.2. The second-order valence-corrected chi connectivity index (χ2v) is 33.5. The van der Waals surface area contributed by atoms with Gasteiger partial charge in [-0.05, 0) is 182 Å². The van der Waals surface area contributed by atoms with E-state index < -0.39 is 33.3 Å². The lowest BCUT2D eigenvalue weighted by atomic mass is 9.39. The molecule has 2 atom stereocenters. The van der Waals surface area contributed by atoms with Crippen molar-refractivity contribution in [1.82, 2.24) is 0 Å². The first-order chi connectivity index (χ1) is 56.7. The molecule has 0 aliphatic heterocycles. The van der Waals surface area contributed by atoms with Crippen LogP contribution in [0.25, 0.3) is 154 Å². The average molecular weight is 1500 g/mol. The second-order valence-electron chi connectivity index (χ2n) is 33.5. The summed E-state index contributed by atoms with van der Waals surface area (Å²) >= 11 is 0. The van der Waals surface area contributed by atoms with Gasteiger partial charge in [0.05, 0.1) is 34.1 Å². The first-order valence-corrected chi connectivity index (χ1v) is 40.2. The van der Waals surface area contributed by atoms with Gasteiger partial charge in [-0.1, -0.05) is 345 Å². The molecule has 0 radical (unpaired) electrons. The van der Waals surface area contributed by atoms with Gasteiger partial charge in [0.15, 0.2) is 11.2 Å². The fraction of sp³-hybridized carbons (Fsp3) is 0.0909. The largest absolute Gasteiger partial charge is 0.454 e. The minimum absolute atomic E-state index is 0.374. The van der Waals surface area contributed by atoms with Gasteiger partial charge in [-0.25, -0.2) is 8.78 Å². The lowest BCUT2D eigenvalue weighted by molar-refractivity contribution is 0.0596. The molecule has 0 spiro atoms. The SMILES string of the molecule is CC(C)(C)C1(C2(C(C)(C)C)c3ccc4ccccc4c3-c3c2cc(N(c2c(F)cc(-c4ccccc4)cc2-c2ccccc2)c2cccc4c2oc2ccccc24)c2ccccc32)c2ccc3ccccc3c2-c2c1cc(N(c1c(F)cc(-c3ccccc3)cc1-c1ccccc1)c1cccc3c1oc1ccccc13)c1ccccc21. The molecule has 6 heteroatoms. The number of benzene rings is 18. The number of halogens is 2. The number of furan rings is 2. The average Bonchev–Trinajstić information content (AvgIpc) is 1.42. The third-order valence-corrected chi connectivity index (χ3v) is 25.5. The molecule has 18 aromatic carbocycles. The smallest absolute Gasteiger partial charge is 0.159 e. The van der Waals surface area contributed by atoms with Crippen molar-refractivity contribution in [3.8, 4) is 66.8 Å². The maximum Gasteiger partial charge on any atom is 0.159 e. The minimum atomic E-state index is -1.13. The van der Waals surface area contributed by atoms with Crippen molar-refractivity contribution in [1.29, 1.82) is 0 Å². The highest BCUT2D eigenvalue weighted by atomic mass is 19.1. The van der Waals surface area contributed by atoms with Crippen molar-refractivity contribution in [3.63, 3.8) is 0 Å². The van der Waals surface area contributed by atoms with Crippen molar-refractivity contribution in [2.45, 2.75) is 52.4 Å². The quantitative estimate of drug-likeness (QED) is 0.129. The molecule has 2 aliphatic rings. The normalized spacial score (nSPS) is 15.1. The van der Waals surface area contributed by atoms with E-state index in [0.717, 1.165) is 154 Å². The van der Waals surface area contributed by atoms with Crippen LogP contribution >= 0.6 is 0 Å². The number of hydrogen-bond donors (Lipinski definition) is 0. The molecule has 2 unspecified atom stereocenters. The zero-order valence-corrected chi connectivity index (χ0v) is 65.1. The van der Waals surface area contributed by atoms with Gasteiger partial charge in [0.25, 0.3) is 0 Å². The van der Waals surface area contributed by atoms with Crippen molar-refractivity contribution in [2.24, 2.45) is 10.8 Å². The highest BCUT2D eigenvalue weighted by molar-refractivity contribution is 6.22. The summed E-state index contributed by atoms with van der Waals surface area (Å²) in [6, 6.07) is 128. The fourth-order valence-corrected chi connectivity index (χ4v) is 21.2. The third kappa shape index (κ3) is 9.77. The van der Waals surface area contributed by atoms with Crippen LogP contribution in [0.2, 0.25) is 0 Å². The molecule has 0 bridgehead atoms. The van der Waals surface area contributed by atoms with Crippen LogP contribution in [0.4, 0.5) is 42.9 Å². The molecule has 0 saturated carbocycles. The van der Waals surface area contributed by atoms with Gasteiger partial charge in [-0.15, -0.1) is 0 Å². The monoisotopic (exact) mass is 1500 g/mol. The second kappa shape index (κ2) is 25.8. The summed E-state index contributed by atoms with van der Waals surface area (Å²) in [5, 5.41) is 12.1. The Kier molecular flexibility index (Phi) is 15.3. The summed E-state index contributed by atoms with van der Waals surface area (Å²) in [6.07, 6.45) is 0. The van der Waals surface area contributed by atoms with E-state index in [9.17, 15) is 0 Å². The molecule has 2 aliphatic carbocycles. The molecule has 0 fully saturated rings. The van der Waals surface area contributed by atoms with E-state index in [1.54, 1.807) is 12.1 Å². The molecular formula is C110H78F2N2O2. The van der Waals surface area contributed by atoms with E-state index in [2.05, 4.69) is 306 Å². The summed E-state index contributed by atoms with van der Waals surface area (Å²) in [7, 11) is 0. The summed E-state index contributed by atoms with van der Waals surface area (Å²) < 4.78 is 54.1. The molecule has 0 N–H and O–H groups in total. The molecule has 554 valence electrons. The fourth-order valence-electron chi connectivity index (χ4n) is 21.2. The van der Waals surface area contributed by atoms with E-state index in [-0.39, 0.29) is 0 Å². The highest BCUT2D eigenvalue weighted by Gasteiger charge is 2.71. The molecular weight excluding hydrogens is 1420 g/mol. The van der Waals surface area contributed by atoms with Gasteiger partial charge in [0.2, 0.25) is 0 Å². The van der Waals surface area contributed by atoms with Crippen molar-refractivity contribution >= 4 is 121 Å². The molecule has 20 aromatic rings. The number of rotatable bonds is 11. The van der Waals surface area contributed by atoms with Crippen molar-refractivity contribution in [2.75, 3.05) is 9.80 Å². The molecule has 0 amide bonds. The van der Waals surface area contributed by atoms with Crippen LogP contribution in [0.3, 0.4) is 0 Å². The van der Waals surface area contributed by atoms with Gasteiger partial charge < -0.3 is 18.6 Å². The number of fused-ring (bicyclic) bond motifs is 20.